The van der Waals surface area contributed by atoms with Crippen LogP contribution in [0.1, 0.15) is 25.0 Å². The second kappa shape index (κ2) is 9.85. The van der Waals surface area contributed by atoms with Gasteiger partial charge in [-0.3, -0.25) is 4.98 Å². The van der Waals surface area contributed by atoms with E-state index in [1.54, 1.807) is 6.20 Å². The lowest BCUT2D eigenvalue weighted by molar-refractivity contribution is 0.661. The van der Waals surface area contributed by atoms with Crippen molar-refractivity contribution in [1.29, 1.82) is 0 Å². The third-order valence-electron chi connectivity index (χ3n) is 8.74. The molecule has 43 heavy (non-hydrogen) atoms. The van der Waals surface area contributed by atoms with Gasteiger partial charge in [-0.15, -0.1) is 0 Å². The van der Waals surface area contributed by atoms with Crippen molar-refractivity contribution in [3.63, 3.8) is 0 Å². The van der Waals surface area contributed by atoms with E-state index in [4.69, 9.17) is 9.97 Å². The molecule has 3 nitrogen and oxygen atoms in total. The lowest BCUT2D eigenvalue weighted by Crippen LogP contribution is -2.14. The summed E-state index contributed by atoms with van der Waals surface area (Å²) in [6, 6.07) is 47.0. The lowest BCUT2D eigenvalue weighted by atomic mass is 9.81. The molecule has 0 radical (unpaired) electrons. The Kier molecular flexibility index (Phi) is 5.80. The van der Waals surface area contributed by atoms with Crippen LogP contribution in [0.2, 0.25) is 0 Å². The molecule has 1 aliphatic carbocycles. The highest BCUT2D eigenvalue weighted by Gasteiger charge is 2.37. The maximum absolute atomic E-state index is 5.00. The summed E-state index contributed by atoms with van der Waals surface area (Å²) in [5, 5.41) is 2.56. The van der Waals surface area contributed by atoms with E-state index in [0.29, 0.717) is 5.82 Å². The smallest absolute Gasteiger partial charge is 0.160 e. The number of aromatic nitrogens is 3. The highest BCUT2D eigenvalue weighted by atomic mass is 14.9. The molecule has 0 unspecified atom stereocenters. The van der Waals surface area contributed by atoms with Gasteiger partial charge in [-0.25, -0.2) is 9.97 Å². The van der Waals surface area contributed by atoms with Crippen molar-refractivity contribution in [3.05, 3.63) is 151 Å². The Morgan fingerprint density at radius 1 is 0.465 bits per heavy atom. The molecule has 0 saturated carbocycles. The molecule has 0 fully saturated rings. The Balaban J connectivity index is 1.24. The Morgan fingerprint density at radius 2 is 1.16 bits per heavy atom. The minimum Gasteiger partial charge on any atom is -0.255 e. The lowest BCUT2D eigenvalue weighted by Gasteiger charge is -2.22. The van der Waals surface area contributed by atoms with E-state index in [1.165, 1.54) is 44.2 Å². The van der Waals surface area contributed by atoms with E-state index >= 15 is 0 Å². The van der Waals surface area contributed by atoms with Crippen LogP contribution in [0, 0.1) is 0 Å². The molecule has 0 saturated heterocycles. The molecule has 8 rings (SSSR count). The number of rotatable bonds is 4. The zero-order valence-electron chi connectivity index (χ0n) is 24.1. The number of fused-ring (bicyclic) bond motifs is 4. The molecule has 0 N–H and O–H groups in total. The van der Waals surface area contributed by atoms with Crippen molar-refractivity contribution < 1.29 is 0 Å². The van der Waals surface area contributed by atoms with E-state index in [-0.39, 0.29) is 5.41 Å². The van der Waals surface area contributed by atoms with E-state index < -0.39 is 0 Å². The predicted molar refractivity (Wildman–Crippen MR) is 177 cm³/mol. The van der Waals surface area contributed by atoms with Gasteiger partial charge in [0.25, 0.3) is 0 Å². The summed E-state index contributed by atoms with van der Waals surface area (Å²) in [5.41, 5.74) is 12.4. The first-order chi connectivity index (χ1) is 21.1. The first kappa shape index (κ1) is 25.3. The average molecular weight is 552 g/mol. The van der Waals surface area contributed by atoms with Gasteiger partial charge in [0.1, 0.15) is 0 Å². The van der Waals surface area contributed by atoms with E-state index in [1.807, 2.05) is 54.6 Å². The topological polar surface area (TPSA) is 38.7 Å². The molecule has 2 heterocycles. The molecule has 0 atom stereocenters. The summed E-state index contributed by atoms with van der Waals surface area (Å²) < 4.78 is 0. The normalized spacial score (nSPS) is 13.1. The fourth-order valence-corrected chi connectivity index (χ4v) is 6.49. The Hall–Kier alpha value is -5.41. The molecule has 0 amide bonds. The van der Waals surface area contributed by atoms with Gasteiger partial charge >= 0.3 is 0 Å². The largest absolute Gasteiger partial charge is 0.255 e. The first-order valence-electron chi connectivity index (χ1n) is 14.7. The fourth-order valence-electron chi connectivity index (χ4n) is 6.49. The van der Waals surface area contributed by atoms with Gasteiger partial charge in [0.15, 0.2) is 5.82 Å². The number of nitrogens with zero attached hydrogens (tertiary/aromatic N) is 3. The van der Waals surface area contributed by atoms with Gasteiger partial charge in [0.2, 0.25) is 0 Å². The van der Waals surface area contributed by atoms with Crippen molar-refractivity contribution in [1.82, 2.24) is 15.0 Å². The number of pyridine rings is 1. The maximum Gasteiger partial charge on any atom is 0.160 e. The third-order valence-corrected chi connectivity index (χ3v) is 8.74. The van der Waals surface area contributed by atoms with Crippen LogP contribution in [0.15, 0.2) is 140 Å². The molecule has 5 aromatic carbocycles. The zero-order valence-corrected chi connectivity index (χ0v) is 24.1. The third kappa shape index (κ3) is 4.24. The van der Waals surface area contributed by atoms with Crippen LogP contribution < -0.4 is 0 Å². The Bertz CT molecular complexity index is 2070. The number of benzene rings is 5. The molecule has 1 aliphatic rings. The number of hydrogen-bond acceptors (Lipinski definition) is 3. The van der Waals surface area contributed by atoms with Crippen molar-refractivity contribution in [3.8, 4) is 56.3 Å². The minimum atomic E-state index is -0.0681. The molecular formula is C40H29N3. The summed E-state index contributed by atoms with van der Waals surface area (Å²) in [6.07, 6.45) is 1.80. The van der Waals surface area contributed by atoms with E-state index in [9.17, 15) is 0 Å². The quantitative estimate of drug-likeness (QED) is 0.218. The predicted octanol–water partition coefficient (Wildman–Crippen LogP) is 10.00. The van der Waals surface area contributed by atoms with E-state index in [0.717, 1.165) is 28.2 Å². The van der Waals surface area contributed by atoms with Gasteiger partial charge in [0.05, 0.1) is 17.1 Å². The van der Waals surface area contributed by atoms with Crippen molar-refractivity contribution in [2.24, 2.45) is 0 Å². The summed E-state index contributed by atoms with van der Waals surface area (Å²) in [7, 11) is 0. The molecule has 0 aliphatic heterocycles. The van der Waals surface area contributed by atoms with E-state index in [2.05, 4.69) is 97.7 Å². The van der Waals surface area contributed by atoms with Gasteiger partial charge in [-0.1, -0.05) is 117 Å². The van der Waals surface area contributed by atoms with Crippen LogP contribution >= 0.6 is 0 Å². The second-order valence-corrected chi connectivity index (χ2v) is 11.7. The van der Waals surface area contributed by atoms with Gasteiger partial charge in [0, 0.05) is 22.7 Å². The standard InChI is InChI=1S/C40H29N3/c1-40(2)33-16-10-15-31(38(33)32-23-29-13-6-7-14-30(29)24-34(32)40)26-18-20-27(21-19-26)36-25-37(35-17-8-9-22-41-35)43-39(42-36)28-11-4-3-5-12-28/h3-25H,1-2H3. The van der Waals surface area contributed by atoms with Crippen LogP contribution in [0.4, 0.5) is 0 Å². The van der Waals surface area contributed by atoms with Crippen molar-refractivity contribution >= 4 is 10.8 Å². The van der Waals surface area contributed by atoms with Crippen LogP contribution in [0.5, 0.6) is 0 Å². The Morgan fingerprint density at radius 3 is 1.93 bits per heavy atom. The number of hydrogen-bond donors (Lipinski definition) is 0. The first-order valence-corrected chi connectivity index (χ1v) is 14.7. The Labute approximate surface area is 251 Å². The molecule has 204 valence electrons. The molecule has 3 heteroatoms. The molecule has 0 bridgehead atoms. The highest BCUT2D eigenvalue weighted by Crippen LogP contribution is 2.53. The molecular weight excluding hydrogens is 522 g/mol. The van der Waals surface area contributed by atoms with Gasteiger partial charge in [-0.2, -0.15) is 0 Å². The minimum absolute atomic E-state index is 0.0681. The molecule has 7 aromatic rings. The molecule has 2 aromatic heterocycles. The summed E-state index contributed by atoms with van der Waals surface area (Å²) >= 11 is 0. The monoisotopic (exact) mass is 551 g/mol. The summed E-state index contributed by atoms with van der Waals surface area (Å²) in [6.45, 7) is 4.69. The van der Waals surface area contributed by atoms with Crippen LogP contribution in [-0.2, 0) is 5.41 Å². The van der Waals surface area contributed by atoms with Crippen LogP contribution in [0.25, 0.3) is 67.1 Å². The van der Waals surface area contributed by atoms with Gasteiger partial charge in [-0.05, 0) is 74.5 Å². The van der Waals surface area contributed by atoms with Crippen molar-refractivity contribution in [2.45, 2.75) is 19.3 Å². The zero-order chi connectivity index (χ0) is 29.0. The highest BCUT2D eigenvalue weighted by molar-refractivity contribution is 5.98. The summed E-state index contributed by atoms with van der Waals surface area (Å²) in [5.74, 6) is 0.690. The van der Waals surface area contributed by atoms with Gasteiger partial charge < -0.3 is 0 Å². The molecule has 0 spiro atoms. The SMILES string of the molecule is CC1(C)c2cc3ccccc3cc2-c2c(-c3ccc(-c4cc(-c5ccccn5)nc(-c5ccccc5)n4)cc3)cccc21. The van der Waals surface area contributed by atoms with Crippen LogP contribution in [-0.4, -0.2) is 15.0 Å². The average Bonchev–Trinajstić information content (AvgIpc) is 3.30. The second-order valence-electron chi connectivity index (χ2n) is 11.7. The van der Waals surface area contributed by atoms with Crippen molar-refractivity contribution in [2.75, 3.05) is 0 Å². The fraction of sp³-hybridized carbons (Fsp3) is 0.0750. The maximum atomic E-state index is 5.00. The van der Waals surface area contributed by atoms with Crippen LogP contribution in [0.3, 0.4) is 0 Å². The summed E-state index contributed by atoms with van der Waals surface area (Å²) in [4.78, 5) is 14.4.